The van der Waals surface area contributed by atoms with Gasteiger partial charge in [0, 0.05) is 12.3 Å². The Kier molecular flexibility index (Phi) is 5.36. The topological polar surface area (TPSA) is 17.1 Å². The van der Waals surface area contributed by atoms with Gasteiger partial charge in [-0.2, -0.15) is 0 Å². The van der Waals surface area contributed by atoms with Crippen LogP contribution in [0.5, 0.6) is 0 Å². The van der Waals surface area contributed by atoms with E-state index >= 15 is 0 Å². The van der Waals surface area contributed by atoms with E-state index in [0.29, 0.717) is 11.7 Å². The van der Waals surface area contributed by atoms with Gasteiger partial charge in [0.15, 0.2) is 0 Å². The van der Waals surface area contributed by atoms with Crippen molar-refractivity contribution in [1.29, 1.82) is 0 Å². The lowest BCUT2D eigenvalue weighted by molar-refractivity contribution is -0.124. The van der Waals surface area contributed by atoms with Gasteiger partial charge >= 0.3 is 0 Å². The van der Waals surface area contributed by atoms with Gasteiger partial charge in [0.25, 0.3) is 0 Å². The van der Waals surface area contributed by atoms with Crippen molar-refractivity contribution in [3.63, 3.8) is 0 Å². The van der Waals surface area contributed by atoms with Crippen molar-refractivity contribution in [2.24, 2.45) is 5.92 Å². The van der Waals surface area contributed by atoms with Crippen molar-refractivity contribution in [3.8, 4) is 0 Å². The number of ketones is 1. The fraction of sp³-hybridized carbons (Fsp3) is 0.500. The summed E-state index contributed by atoms with van der Waals surface area (Å²) in [6, 6.07) is 12.0. The molecule has 0 aromatic heterocycles. The Balaban J connectivity index is 1.85. The molecular formula is C18H26OSi. The third kappa shape index (κ3) is 4.17. The minimum Gasteiger partial charge on any atom is -0.299 e. The van der Waals surface area contributed by atoms with Crippen molar-refractivity contribution < 1.29 is 4.79 Å². The van der Waals surface area contributed by atoms with Crippen LogP contribution in [-0.4, -0.2) is 13.9 Å². The molecule has 0 spiro atoms. The monoisotopic (exact) mass is 286 g/mol. The van der Waals surface area contributed by atoms with Crippen LogP contribution in [0.1, 0.15) is 32.1 Å². The zero-order valence-corrected chi connectivity index (χ0v) is 13.8. The molecule has 0 radical (unpaired) electrons. The van der Waals surface area contributed by atoms with Crippen LogP contribution in [0.3, 0.4) is 0 Å². The van der Waals surface area contributed by atoms with Gasteiger partial charge in [-0.05, 0) is 25.3 Å². The largest absolute Gasteiger partial charge is 0.299 e. The summed E-state index contributed by atoms with van der Waals surface area (Å²) in [5.41, 5.74) is 0. The second kappa shape index (κ2) is 7.03. The first-order chi connectivity index (χ1) is 9.59. The van der Waals surface area contributed by atoms with Crippen LogP contribution in [0.2, 0.25) is 19.1 Å². The molecule has 0 bridgehead atoms. The van der Waals surface area contributed by atoms with E-state index in [2.05, 4.69) is 55.6 Å². The number of carbonyl (C=O) groups excluding carboxylic acids is 1. The number of hydrogen-bond acceptors (Lipinski definition) is 1. The van der Waals surface area contributed by atoms with Crippen LogP contribution < -0.4 is 5.19 Å². The van der Waals surface area contributed by atoms with E-state index in [1.54, 1.807) is 0 Å². The molecule has 0 heterocycles. The van der Waals surface area contributed by atoms with E-state index in [1.807, 2.05) is 0 Å². The summed E-state index contributed by atoms with van der Waals surface area (Å²) in [6.45, 7) is 4.83. The van der Waals surface area contributed by atoms with Gasteiger partial charge in [-0.25, -0.2) is 0 Å². The first-order valence-corrected chi connectivity index (χ1v) is 11.0. The molecule has 1 aromatic rings. The molecule has 1 saturated carbocycles. The van der Waals surface area contributed by atoms with Gasteiger partial charge in [0.2, 0.25) is 0 Å². The lowest BCUT2D eigenvalue weighted by Crippen LogP contribution is -2.40. The summed E-state index contributed by atoms with van der Waals surface area (Å²) in [7, 11) is -1.35. The van der Waals surface area contributed by atoms with Crippen molar-refractivity contribution >= 4 is 19.0 Å². The minimum absolute atomic E-state index is 0.307. The van der Waals surface area contributed by atoms with E-state index in [-0.39, 0.29) is 0 Å². The third-order valence-electron chi connectivity index (χ3n) is 4.45. The summed E-state index contributed by atoms with van der Waals surface area (Å²) >= 11 is 0. The second-order valence-corrected chi connectivity index (χ2v) is 11.3. The molecule has 1 aliphatic rings. The highest BCUT2D eigenvalue weighted by Gasteiger charge is 2.22. The quantitative estimate of drug-likeness (QED) is 0.582. The molecule has 0 N–H and O–H groups in total. The lowest BCUT2D eigenvalue weighted by atomic mass is 9.86. The van der Waals surface area contributed by atoms with Gasteiger partial charge in [0.1, 0.15) is 5.78 Å². The first-order valence-electron chi connectivity index (χ1n) is 7.83. The van der Waals surface area contributed by atoms with E-state index in [0.717, 1.165) is 31.7 Å². The Morgan fingerprint density at radius 2 is 1.90 bits per heavy atom. The van der Waals surface area contributed by atoms with Crippen LogP contribution in [0, 0.1) is 5.92 Å². The van der Waals surface area contributed by atoms with E-state index in [1.165, 1.54) is 11.6 Å². The highest BCUT2D eigenvalue weighted by Crippen LogP contribution is 2.24. The molecule has 1 atom stereocenters. The normalized spacial score (nSPS) is 20.5. The fourth-order valence-electron chi connectivity index (χ4n) is 2.95. The zero-order chi connectivity index (χ0) is 14.4. The maximum Gasteiger partial charge on any atom is 0.136 e. The highest BCUT2D eigenvalue weighted by molar-refractivity contribution is 6.90. The molecule has 2 rings (SSSR count). The van der Waals surface area contributed by atoms with Gasteiger partial charge in [-0.15, -0.1) is 0 Å². The molecule has 1 nitrogen and oxygen atoms in total. The van der Waals surface area contributed by atoms with Crippen molar-refractivity contribution in [1.82, 2.24) is 0 Å². The number of benzene rings is 1. The Bertz CT molecular complexity index is 462. The fourth-order valence-corrected chi connectivity index (χ4v) is 5.04. The zero-order valence-electron chi connectivity index (χ0n) is 12.8. The number of rotatable bonds is 5. The maximum absolute atomic E-state index is 11.8. The molecule has 108 valence electrons. The van der Waals surface area contributed by atoms with Crippen LogP contribution in [-0.2, 0) is 4.79 Å². The standard InChI is InChI=1S/C18H26OSi/c1-20(2,17-12-4-3-5-13-17)15-9-8-11-16-10-6-7-14-18(16)19/h3-5,8-9,12-13,16H,6-7,10-11,14-15H2,1-2H3/b9-8+. The number of allylic oxidation sites excluding steroid dienone is 2. The Labute approximate surface area is 124 Å². The summed E-state index contributed by atoms with van der Waals surface area (Å²) in [5.74, 6) is 0.793. The van der Waals surface area contributed by atoms with E-state index in [4.69, 9.17) is 0 Å². The maximum atomic E-state index is 11.8. The average Bonchev–Trinajstić information content (AvgIpc) is 2.46. The van der Waals surface area contributed by atoms with Gasteiger partial charge in [-0.3, -0.25) is 4.79 Å². The van der Waals surface area contributed by atoms with Crippen LogP contribution >= 0.6 is 0 Å². The van der Waals surface area contributed by atoms with Crippen LogP contribution in [0.4, 0.5) is 0 Å². The number of carbonyl (C=O) groups is 1. The minimum atomic E-state index is -1.35. The molecule has 0 amide bonds. The molecule has 2 heteroatoms. The predicted octanol–water partition coefficient (Wildman–Crippen LogP) is 4.31. The molecule has 1 aliphatic carbocycles. The van der Waals surface area contributed by atoms with Crippen molar-refractivity contribution in [2.45, 2.75) is 51.2 Å². The highest BCUT2D eigenvalue weighted by atomic mass is 28.3. The number of hydrogen-bond donors (Lipinski definition) is 0. The first kappa shape index (κ1) is 15.2. The van der Waals surface area contributed by atoms with Crippen molar-refractivity contribution in [3.05, 3.63) is 42.5 Å². The molecule has 1 unspecified atom stereocenters. The molecular weight excluding hydrogens is 260 g/mol. The van der Waals surface area contributed by atoms with Gasteiger partial charge < -0.3 is 0 Å². The Morgan fingerprint density at radius 1 is 1.15 bits per heavy atom. The van der Waals surface area contributed by atoms with E-state index < -0.39 is 8.07 Å². The Morgan fingerprint density at radius 3 is 2.60 bits per heavy atom. The summed E-state index contributed by atoms with van der Waals surface area (Å²) in [4.78, 5) is 11.8. The third-order valence-corrected chi connectivity index (χ3v) is 7.60. The van der Waals surface area contributed by atoms with E-state index in [9.17, 15) is 4.79 Å². The van der Waals surface area contributed by atoms with Crippen LogP contribution in [0.15, 0.2) is 42.5 Å². The SMILES string of the molecule is C[Si](C)(C/C=C/CC1CCCCC1=O)c1ccccc1. The summed E-state index contributed by atoms with van der Waals surface area (Å²) < 4.78 is 0. The molecule has 20 heavy (non-hydrogen) atoms. The molecule has 0 aliphatic heterocycles. The van der Waals surface area contributed by atoms with Crippen molar-refractivity contribution in [2.75, 3.05) is 0 Å². The summed E-state index contributed by atoms with van der Waals surface area (Å²) in [5, 5.41) is 1.51. The summed E-state index contributed by atoms with van der Waals surface area (Å²) in [6.07, 6.45) is 9.78. The average molecular weight is 286 g/mol. The predicted molar refractivity (Wildman–Crippen MR) is 89.1 cm³/mol. The van der Waals surface area contributed by atoms with Gasteiger partial charge in [-0.1, -0.05) is 67.2 Å². The Hall–Kier alpha value is -1.15. The second-order valence-electron chi connectivity index (χ2n) is 6.57. The van der Waals surface area contributed by atoms with Gasteiger partial charge in [0.05, 0.1) is 8.07 Å². The lowest BCUT2D eigenvalue weighted by Gasteiger charge is -2.21. The molecule has 1 aromatic carbocycles. The van der Waals surface area contributed by atoms with Crippen LogP contribution in [0.25, 0.3) is 0 Å². The smallest absolute Gasteiger partial charge is 0.136 e. The molecule has 0 saturated heterocycles. The molecule has 1 fully saturated rings. The number of Topliss-reactive ketones (excluding diaryl/α,β-unsaturated/α-hetero) is 1.